The number of hydrogen-bond donors (Lipinski definition) is 0. The van der Waals surface area contributed by atoms with Crippen molar-refractivity contribution in [3.63, 3.8) is 0 Å². The third-order valence-electron chi connectivity index (χ3n) is 4.90. The summed E-state index contributed by atoms with van der Waals surface area (Å²) < 4.78 is 16.0. The lowest BCUT2D eigenvalue weighted by Crippen LogP contribution is -2.34. The van der Waals surface area contributed by atoms with Gasteiger partial charge in [0.25, 0.3) is 0 Å². The molecule has 8 nitrogen and oxygen atoms in total. The minimum Gasteiger partial charge on any atom is -0.497 e. The molecule has 0 fully saturated rings. The molecule has 35 heavy (non-hydrogen) atoms. The molecule has 0 saturated heterocycles. The Morgan fingerprint density at radius 1 is 0.971 bits per heavy atom. The van der Waals surface area contributed by atoms with Gasteiger partial charge < -0.3 is 19.1 Å². The first kappa shape index (κ1) is 25.7. The number of ether oxygens (including phenoxy) is 3. The molecular weight excluding hydrogens is 446 g/mol. The summed E-state index contributed by atoms with van der Waals surface area (Å²) in [5, 5.41) is 0. The fraction of sp³-hybridized carbons (Fsp3) is 0.333. The summed E-state index contributed by atoms with van der Waals surface area (Å²) in [5.74, 6) is 0.241. The largest absolute Gasteiger partial charge is 0.497 e. The van der Waals surface area contributed by atoms with E-state index in [1.54, 1.807) is 45.2 Å². The first-order valence-electron chi connectivity index (χ1n) is 11.4. The Hall–Kier alpha value is -3.94. The predicted molar refractivity (Wildman–Crippen MR) is 133 cm³/mol. The zero-order chi connectivity index (χ0) is 25.4. The third-order valence-corrected chi connectivity index (χ3v) is 4.90. The van der Waals surface area contributed by atoms with E-state index in [0.29, 0.717) is 23.9 Å². The first-order valence-corrected chi connectivity index (χ1v) is 11.4. The predicted octanol–water partition coefficient (Wildman–Crippen LogP) is 4.82. The minimum atomic E-state index is -0.670. The summed E-state index contributed by atoms with van der Waals surface area (Å²) >= 11 is 0. The Bertz CT molecular complexity index is 1140. The van der Waals surface area contributed by atoms with Gasteiger partial charge in [0.15, 0.2) is 0 Å². The van der Waals surface area contributed by atoms with Gasteiger partial charge in [0.05, 0.1) is 38.3 Å². The standard InChI is InChI=1S/C27H31N3O5/c1-6-34-24-17-28-16-23(29-24)20-9-11-21(12-10-20)30(18-19-7-13-22(33-5)14-8-19)25(31)15-26(32)35-27(2,3)4/h7-14,16-17H,6,15,18H2,1-5H3. The quantitative estimate of drug-likeness (QED) is 0.322. The van der Waals surface area contributed by atoms with Crippen molar-refractivity contribution in [1.29, 1.82) is 0 Å². The van der Waals surface area contributed by atoms with Crippen LogP contribution in [0, 0.1) is 0 Å². The molecule has 0 radical (unpaired) electrons. The van der Waals surface area contributed by atoms with Crippen LogP contribution < -0.4 is 14.4 Å². The Morgan fingerprint density at radius 3 is 2.26 bits per heavy atom. The molecule has 1 aromatic heterocycles. The summed E-state index contributed by atoms with van der Waals surface area (Å²) in [5.41, 5.74) is 2.35. The second-order valence-electron chi connectivity index (χ2n) is 8.81. The SMILES string of the molecule is CCOc1cncc(-c2ccc(N(Cc3ccc(OC)cc3)C(=O)CC(=O)OC(C)(C)C)cc2)n1. The van der Waals surface area contributed by atoms with E-state index in [4.69, 9.17) is 14.2 Å². The van der Waals surface area contributed by atoms with E-state index in [1.165, 1.54) is 0 Å². The number of carbonyl (C=O) groups is 2. The lowest BCUT2D eigenvalue weighted by Gasteiger charge is -2.25. The number of rotatable bonds is 9. The highest BCUT2D eigenvalue weighted by Gasteiger charge is 2.24. The summed E-state index contributed by atoms with van der Waals surface area (Å²) in [6, 6.07) is 14.8. The van der Waals surface area contributed by atoms with Crippen molar-refractivity contribution >= 4 is 17.6 Å². The number of esters is 1. The normalized spacial score (nSPS) is 11.0. The molecule has 0 unspecified atom stereocenters. The van der Waals surface area contributed by atoms with Gasteiger partial charge in [-0.3, -0.25) is 14.6 Å². The van der Waals surface area contributed by atoms with Gasteiger partial charge in [0, 0.05) is 11.3 Å². The van der Waals surface area contributed by atoms with Crippen LogP contribution in [-0.2, 0) is 20.9 Å². The van der Waals surface area contributed by atoms with Crippen molar-refractivity contribution < 1.29 is 23.8 Å². The summed E-state index contributed by atoms with van der Waals surface area (Å²) in [6.07, 6.45) is 2.85. The van der Waals surface area contributed by atoms with Gasteiger partial charge in [-0.25, -0.2) is 4.98 Å². The fourth-order valence-electron chi connectivity index (χ4n) is 3.35. The van der Waals surface area contributed by atoms with Crippen LogP contribution in [0.3, 0.4) is 0 Å². The van der Waals surface area contributed by atoms with Gasteiger partial charge in [0.1, 0.15) is 17.8 Å². The van der Waals surface area contributed by atoms with Gasteiger partial charge >= 0.3 is 5.97 Å². The van der Waals surface area contributed by atoms with E-state index < -0.39 is 11.6 Å². The van der Waals surface area contributed by atoms with E-state index in [9.17, 15) is 9.59 Å². The van der Waals surface area contributed by atoms with Crippen LogP contribution in [-0.4, -0.2) is 41.2 Å². The topological polar surface area (TPSA) is 90.9 Å². The number of carbonyl (C=O) groups excluding carboxylic acids is 2. The third kappa shape index (κ3) is 7.53. The molecule has 3 aromatic rings. The Labute approximate surface area is 205 Å². The highest BCUT2D eigenvalue weighted by atomic mass is 16.6. The van der Waals surface area contributed by atoms with Crippen LogP contribution in [0.2, 0.25) is 0 Å². The van der Waals surface area contributed by atoms with Crippen molar-refractivity contribution in [3.05, 3.63) is 66.5 Å². The van der Waals surface area contributed by atoms with E-state index in [1.807, 2.05) is 55.5 Å². The van der Waals surface area contributed by atoms with Gasteiger partial charge in [-0.2, -0.15) is 0 Å². The highest BCUT2D eigenvalue weighted by molar-refractivity contribution is 6.03. The van der Waals surface area contributed by atoms with Gasteiger partial charge in [-0.15, -0.1) is 0 Å². The molecule has 8 heteroatoms. The fourth-order valence-corrected chi connectivity index (χ4v) is 3.35. The Morgan fingerprint density at radius 2 is 1.66 bits per heavy atom. The Balaban J connectivity index is 1.86. The highest BCUT2D eigenvalue weighted by Crippen LogP contribution is 2.25. The average Bonchev–Trinajstić information content (AvgIpc) is 2.82. The van der Waals surface area contributed by atoms with Crippen LogP contribution in [0.1, 0.15) is 39.7 Å². The number of nitrogens with zero attached hydrogens (tertiary/aromatic N) is 3. The zero-order valence-corrected chi connectivity index (χ0v) is 20.8. The monoisotopic (exact) mass is 477 g/mol. The lowest BCUT2D eigenvalue weighted by molar-refractivity contribution is -0.156. The smallest absolute Gasteiger partial charge is 0.315 e. The van der Waals surface area contributed by atoms with Crippen LogP contribution in [0.15, 0.2) is 60.9 Å². The number of benzene rings is 2. The summed E-state index contributed by atoms with van der Waals surface area (Å²) in [6.45, 7) is 7.97. The molecule has 1 heterocycles. The maximum Gasteiger partial charge on any atom is 0.315 e. The average molecular weight is 478 g/mol. The second kappa shape index (κ2) is 11.5. The van der Waals surface area contributed by atoms with Crippen molar-refractivity contribution in [2.24, 2.45) is 0 Å². The molecule has 0 spiro atoms. The number of amides is 1. The van der Waals surface area contributed by atoms with E-state index in [0.717, 1.165) is 16.9 Å². The van der Waals surface area contributed by atoms with Gasteiger partial charge in [-0.05, 0) is 57.5 Å². The number of hydrogen-bond acceptors (Lipinski definition) is 7. The van der Waals surface area contributed by atoms with Gasteiger partial charge in [0.2, 0.25) is 11.8 Å². The first-order chi connectivity index (χ1) is 16.7. The van der Waals surface area contributed by atoms with Crippen molar-refractivity contribution in [2.75, 3.05) is 18.6 Å². The van der Waals surface area contributed by atoms with Gasteiger partial charge in [-0.1, -0.05) is 24.3 Å². The van der Waals surface area contributed by atoms with Crippen molar-refractivity contribution in [2.45, 2.75) is 46.3 Å². The zero-order valence-electron chi connectivity index (χ0n) is 20.8. The molecule has 0 atom stereocenters. The number of anilines is 1. The van der Waals surface area contributed by atoms with Crippen LogP contribution in [0.25, 0.3) is 11.3 Å². The minimum absolute atomic E-state index is 0.282. The molecule has 0 aliphatic rings. The van der Waals surface area contributed by atoms with Crippen molar-refractivity contribution in [1.82, 2.24) is 9.97 Å². The van der Waals surface area contributed by atoms with Crippen LogP contribution in [0.4, 0.5) is 5.69 Å². The molecule has 2 aromatic carbocycles. The maximum absolute atomic E-state index is 13.2. The molecular formula is C27H31N3O5. The Kier molecular flexibility index (Phi) is 8.41. The molecule has 0 aliphatic heterocycles. The van der Waals surface area contributed by atoms with Crippen molar-refractivity contribution in [3.8, 4) is 22.9 Å². The molecule has 0 saturated carbocycles. The molecule has 184 valence electrons. The van der Waals surface area contributed by atoms with Crippen LogP contribution in [0.5, 0.6) is 11.6 Å². The van der Waals surface area contributed by atoms with E-state index in [-0.39, 0.29) is 18.9 Å². The van der Waals surface area contributed by atoms with E-state index >= 15 is 0 Å². The molecule has 3 rings (SSSR count). The molecule has 0 N–H and O–H groups in total. The molecule has 1 amide bonds. The van der Waals surface area contributed by atoms with Crippen LogP contribution >= 0.6 is 0 Å². The summed E-state index contributed by atoms with van der Waals surface area (Å²) in [7, 11) is 1.60. The molecule has 0 bridgehead atoms. The maximum atomic E-state index is 13.2. The van der Waals surface area contributed by atoms with E-state index in [2.05, 4.69) is 9.97 Å². The lowest BCUT2D eigenvalue weighted by atomic mass is 10.1. The number of aromatic nitrogens is 2. The number of methoxy groups -OCH3 is 1. The summed E-state index contributed by atoms with van der Waals surface area (Å²) in [4.78, 5) is 35.8. The second-order valence-corrected chi connectivity index (χ2v) is 8.81. The molecule has 0 aliphatic carbocycles.